The lowest BCUT2D eigenvalue weighted by atomic mass is 10.2. The Morgan fingerprint density at radius 1 is 1.59 bits per heavy atom. The van der Waals surface area contributed by atoms with E-state index in [1.807, 2.05) is 25.1 Å². The Hall–Kier alpha value is -0.750. The molecule has 0 bridgehead atoms. The molecular formula is C12H15ClIN3. The van der Waals surface area contributed by atoms with Crippen LogP contribution in [0.3, 0.4) is 0 Å². The van der Waals surface area contributed by atoms with Gasteiger partial charge in [-0.1, -0.05) is 29.8 Å². The van der Waals surface area contributed by atoms with Crippen LogP contribution in [0.4, 0.5) is 0 Å². The molecule has 0 aliphatic rings. The number of hydrogen-bond donors (Lipinski definition) is 2. The summed E-state index contributed by atoms with van der Waals surface area (Å²) in [7, 11) is 0. The zero-order chi connectivity index (χ0) is 12.8. The van der Waals surface area contributed by atoms with Crippen LogP contribution in [0.25, 0.3) is 0 Å². The van der Waals surface area contributed by atoms with Crippen molar-refractivity contribution in [2.75, 3.05) is 6.54 Å². The van der Waals surface area contributed by atoms with Crippen molar-refractivity contribution in [2.24, 2.45) is 10.7 Å². The molecule has 0 aliphatic heterocycles. The Labute approximate surface area is 120 Å². The van der Waals surface area contributed by atoms with Crippen LogP contribution in [0.2, 0.25) is 5.02 Å². The molecule has 0 saturated carbocycles. The van der Waals surface area contributed by atoms with Crippen LogP contribution in [0.1, 0.15) is 12.5 Å². The van der Waals surface area contributed by atoms with E-state index in [-0.39, 0.29) is 0 Å². The van der Waals surface area contributed by atoms with Gasteiger partial charge in [0.1, 0.15) is 0 Å². The zero-order valence-corrected chi connectivity index (χ0v) is 12.5. The van der Waals surface area contributed by atoms with Gasteiger partial charge in [-0.15, -0.1) is 0 Å². The first kappa shape index (κ1) is 14.3. The van der Waals surface area contributed by atoms with Crippen LogP contribution in [-0.4, -0.2) is 12.5 Å². The highest BCUT2D eigenvalue weighted by molar-refractivity contribution is 14.1. The number of aliphatic imine (C=N–C) groups is 1. The summed E-state index contributed by atoms with van der Waals surface area (Å²) >= 11 is 8.11. The van der Waals surface area contributed by atoms with Gasteiger partial charge >= 0.3 is 0 Å². The van der Waals surface area contributed by atoms with Crippen molar-refractivity contribution in [3.8, 4) is 0 Å². The van der Waals surface area contributed by atoms with Gasteiger partial charge in [0.25, 0.3) is 0 Å². The topological polar surface area (TPSA) is 50.4 Å². The molecule has 0 saturated heterocycles. The summed E-state index contributed by atoms with van der Waals surface area (Å²) in [5.41, 5.74) is 7.84. The van der Waals surface area contributed by atoms with E-state index in [4.69, 9.17) is 17.3 Å². The number of nitrogens with zero attached hydrogens (tertiary/aromatic N) is 1. The highest BCUT2D eigenvalue weighted by Crippen LogP contribution is 2.18. The molecular weight excluding hydrogens is 349 g/mol. The number of rotatable bonds is 4. The van der Waals surface area contributed by atoms with Gasteiger partial charge in [-0.2, -0.15) is 0 Å². The standard InChI is InChI=1S/C12H15ClIN3/c1-8(2)6-16-12(15)17-7-9-3-4-10(13)5-11(9)14/h3-5H,1,6-7H2,2H3,(H3,15,16,17). The third kappa shape index (κ3) is 5.41. The van der Waals surface area contributed by atoms with Gasteiger partial charge in [-0.3, -0.25) is 0 Å². The van der Waals surface area contributed by atoms with Crippen molar-refractivity contribution in [1.29, 1.82) is 0 Å². The average molecular weight is 364 g/mol. The molecule has 92 valence electrons. The molecule has 0 atom stereocenters. The fourth-order valence-electron chi connectivity index (χ4n) is 1.12. The van der Waals surface area contributed by atoms with Gasteiger partial charge in [-0.25, -0.2) is 4.99 Å². The summed E-state index contributed by atoms with van der Waals surface area (Å²) in [6, 6.07) is 5.72. The van der Waals surface area contributed by atoms with Crippen molar-refractivity contribution in [1.82, 2.24) is 5.32 Å². The summed E-state index contributed by atoms with van der Waals surface area (Å²) in [6.45, 7) is 6.91. The highest BCUT2D eigenvalue weighted by Gasteiger charge is 2.00. The van der Waals surface area contributed by atoms with Crippen LogP contribution < -0.4 is 11.1 Å². The molecule has 1 aromatic rings. The molecule has 1 rings (SSSR count). The quantitative estimate of drug-likeness (QED) is 0.374. The zero-order valence-electron chi connectivity index (χ0n) is 9.63. The molecule has 0 radical (unpaired) electrons. The average Bonchev–Trinajstić information content (AvgIpc) is 2.25. The number of nitrogens with two attached hydrogens (primary N) is 1. The van der Waals surface area contributed by atoms with Crippen molar-refractivity contribution >= 4 is 40.2 Å². The minimum absolute atomic E-state index is 0.429. The Morgan fingerprint density at radius 3 is 2.88 bits per heavy atom. The largest absolute Gasteiger partial charge is 0.370 e. The first-order valence-electron chi connectivity index (χ1n) is 5.11. The fourth-order valence-corrected chi connectivity index (χ4v) is 2.16. The van der Waals surface area contributed by atoms with Gasteiger partial charge in [0.15, 0.2) is 5.96 Å². The molecule has 0 unspecified atom stereocenters. The predicted molar refractivity (Wildman–Crippen MR) is 82.3 cm³/mol. The number of guanidine groups is 1. The maximum atomic E-state index is 5.88. The van der Waals surface area contributed by atoms with Gasteiger partial charge in [-0.05, 0) is 47.2 Å². The maximum absolute atomic E-state index is 5.88. The number of hydrogen-bond acceptors (Lipinski definition) is 1. The van der Waals surface area contributed by atoms with Gasteiger partial charge in [0, 0.05) is 15.1 Å². The monoisotopic (exact) mass is 363 g/mol. The lowest BCUT2D eigenvalue weighted by Crippen LogP contribution is -2.32. The molecule has 0 fully saturated rings. The number of benzene rings is 1. The molecule has 0 amide bonds. The summed E-state index contributed by atoms with van der Waals surface area (Å²) in [4.78, 5) is 4.25. The molecule has 17 heavy (non-hydrogen) atoms. The van der Waals surface area contributed by atoms with Gasteiger partial charge in [0.2, 0.25) is 0 Å². The second kappa shape index (κ2) is 6.86. The van der Waals surface area contributed by atoms with Crippen LogP contribution in [0, 0.1) is 3.57 Å². The minimum Gasteiger partial charge on any atom is -0.370 e. The lowest BCUT2D eigenvalue weighted by Gasteiger charge is -2.06. The first-order valence-corrected chi connectivity index (χ1v) is 6.57. The smallest absolute Gasteiger partial charge is 0.189 e. The molecule has 0 aromatic heterocycles. The lowest BCUT2D eigenvalue weighted by molar-refractivity contribution is 0.938. The van der Waals surface area contributed by atoms with E-state index in [2.05, 4.69) is 39.5 Å². The van der Waals surface area contributed by atoms with Crippen LogP contribution >= 0.6 is 34.2 Å². The second-order valence-electron chi connectivity index (χ2n) is 3.75. The van der Waals surface area contributed by atoms with Crippen molar-refractivity contribution < 1.29 is 0 Å². The number of nitrogens with one attached hydrogen (secondary N) is 1. The Balaban J connectivity index is 2.59. The SMILES string of the molecule is C=C(C)CNC(N)=NCc1ccc(Cl)cc1I. The van der Waals surface area contributed by atoms with Crippen molar-refractivity contribution in [2.45, 2.75) is 13.5 Å². The maximum Gasteiger partial charge on any atom is 0.189 e. The number of halogens is 2. The van der Waals surface area contributed by atoms with E-state index in [1.54, 1.807) is 0 Å². The van der Waals surface area contributed by atoms with Crippen LogP contribution in [-0.2, 0) is 6.54 Å². The van der Waals surface area contributed by atoms with E-state index >= 15 is 0 Å². The molecule has 5 heteroatoms. The fraction of sp³-hybridized carbons (Fsp3) is 0.250. The van der Waals surface area contributed by atoms with Crippen molar-refractivity contribution in [3.63, 3.8) is 0 Å². The summed E-state index contributed by atoms with van der Waals surface area (Å²) in [6.07, 6.45) is 0. The van der Waals surface area contributed by atoms with Gasteiger partial charge < -0.3 is 11.1 Å². The Bertz CT molecular complexity index is 443. The molecule has 3 N–H and O–H groups in total. The molecule has 3 nitrogen and oxygen atoms in total. The summed E-state index contributed by atoms with van der Waals surface area (Å²) in [5, 5.41) is 3.71. The molecule has 0 heterocycles. The molecule has 1 aromatic carbocycles. The predicted octanol–water partition coefficient (Wildman–Crippen LogP) is 2.93. The normalized spacial score (nSPS) is 11.4. The third-order valence-corrected chi connectivity index (χ3v) is 3.25. The van der Waals surface area contributed by atoms with E-state index in [1.165, 1.54) is 0 Å². The van der Waals surface area contributed by atoms with E-state index < -0.39 is 0 Å². The van der Waals surface area contributed by atoms with Crippen LogP contribution in [0.15, 0.2) is 35.3 Å². The summed E-state index contributed by atoms with van der Waals surface area (Å²) in [5.74, 6) is 0.429. The van der Waals surface area contributed by atoms with E-state index in [9.17, 15) is 0 Å². The molecule has 0 spiro atoms. The van der Waals surface area contributed by atoms with Crippen LogP contribution in [0.5, 0.6) is 0 Å². The highest BCUT2D eigenvalue weighted by atomic mass is 127. The second-order valence-corrected chi connectivity index (χ2v) is 5.35. The van der Waals surface area contributed by atoms with Gasteiger partial charge in [0.05, 0.1) is 6.54 Å². The summed E-state index contributed by atoms with van der Waals surface area (Å²) < 4.78 is 1.09. The first-order chi connectivity index (χ1) is 7.99. The Kier molecular flexibility index (Phi) is 5.77. The van der Waals surface area contributed by atoms with E-state index in [0.29, 0.717) is 19.0 Å². The van der Waals surface area contributed by atoms with E-state index in [0.717, 1.165) is 19.7 Å². The third-order valence-electron chi connectivity index (χ3n) is 2.01. The Morgan fingerprint density at radius 2 is 2.29 bits per heavy atom. The molecule has 0 aliphatic carbocycles. The minimum atomic E-state index is 0.429. The van der Waals surface area contributed by atoms with Crippen molar-refractivity contribution in [3.05, 3.63) is 44.5 Å².